The Morgan fingerprint density at radius 1 is 1.03 bits per heavy atom. The van der Waals surface area contributed by atoms with E-state index in [-0.39, 0.29) is 18.0 Å². The first kappa shape index (κ1) is 27.1. The Kier molecular flexibility index (Phi) is 9.40. The van der Waals surface area contributed by atoms with Crippen molar-refractivity contribution >= 4 is 17.6 Å². The van der Waals surface area contributed by atoms with Crippen LogP contribution in [0.1, 0.15) is 24.8 Å². The highest BCUT2D eigenvalue weighted by Crippen LogP contribution is 2.36. The third-order valence-electron chi connectivity index (χ3n) is 5.92. The largest absolute Gasteiger partial charge is 0.493 e. The van der Waals surface area contributed by atoms with Crippen molar-refractivity contribution in [2.24, 2.45) is 5.92 Å². The predicted octanol–water partition coefficient (Wildman–Crippen LogP) is 4.55. The smallest absolute Gasteiger partial charge is 0.416 e. The summed E-state index contributed by atoms with van der Waals surface area (Å²) in [6.07, 6.45) is -2.80. The van der Waals surface area contributed by atoms with Gasteiger partial charge in [-0.2, -0.15) is 13.2 Å². The minimum atomic E-state index is -4.52. The van der Waals surface area contributed by atoms with E-state index < -0.39 is 23.7 Å². The van der Waals surface area contributed by atoms with E-state index in [1.165, 1.54) is 12.1 Å². The number of anilines is 1. The number of benzene rings is 2. The van der Waals surface area contributed by atoms with Crippen LogP contribution >= 0.6 is 0 Å². The van der Waals surface area contributed by atoms with Crippen LogP contribution in [0.25, 0.3) is 0 Å². The lowest BCUT2D eigenvalue weighted by atomic mass is 9.93. The third-order valence-corrected chi connectivity index (χ3v) is 5.92. The van der Waals surface area contributed by atoms with E-state index >= 15 is 0 Å². The van der Waals surface area contributed by atoms with Gasteiger partial charge >= 0.3 is 12.2 Å². The first-order valence-corrected chi connectivity index (χ1v) is 11.5. The lowest BCUT2D eigenvalue weighted by molar-refractivity contribution is -0.137. The molecule has 3 rings (SSSR count). The second-order valence-corrected chi connectivity index (χ2v) is 8.41. The normalized spacial score (nSPS) is 14.7. The maximum atomic E-state index is 12.8. The van der Waals surface area contributed by atoms with Crippen molar-refractivity contribution in [2.75, 3.05) is 45.8 Å². The standard InChI is InChI=1S/C25H30F3N3O5/c1-34-20-7-4-8-21(35-2)23(20)36-14-13-31-11-9-17(10-12-31)15-22(32)30-24(33)29-19-6-3-5-18(16-19)25(26,27)28/h3-8,16-17H,9-15H2,1-2H3,(H2,29,30,32,33). The van der Waals surface area contributed by atoms with E-state index in [1.807, 2.05) is 6.07 Å². The lowest BCUT2D eigenvalue weighted by Crippen LogP contribution is -2.39. The van der Waals surface area contributed by atoms with Crippen LogP contribution in [0, 0.1) is 5.92 Å². The molecule has 3 amide bonds. The fourth-order valence-electron chi connectivity index (χ4n) is 4.03. The van der Waals surface area contributed by atoms with Crippen LogP contribution in [-0.2, 0) is 11.0 Å². The molecular weight excluding hydrogens is 479 g/mol. The highest BCUT2D eigenvalue weighted by atomic mass is 19.4. The first-order valence-electron chi connectivity index (χ1n) is 11.5. The van der Waals surface area contributed by atoms with Crippen molar-refractivity contribution in [1.82, 2.24) is 10.2 Å². The average molecular weight is 510 g/mol. The van der Waals surface area contributed by atoms with Gasteiger partial charge in [-0.05, 0) is 62.2 Å². The number of ether oxygens (including phenoxy) is 3. The number of para-hydroxylation sites is 1. The zero-order valence-electron chi connectivity index (χ0n) is 20.2. The maximum Gasteiger partial charge on any atom is 0.416 e. The molecule has 1 fully saturated rings. The summed E-state index contributed by atoms with van der Waals surface area (Å²) >= 11 is 0. The number of rotatable bonds is 9. The Morgan fingerprint density at radius 2 is 1.67 bits per heavy atom. The number of imide groups is 1. The summed E-state index contributed by atoms with van der Waals surface area (Å²) < 4.78 is 55.0. The topological polar surface area (TPSA) is 89.1 Å². The van der Waals surface area contributed by atoms with Crippen LogP contribution < -0.4 is 24.8 Å². The molecule has 2 N–H and O–H groups in total. The zero-order chi connectivity index (χ0) is 26.1. The summed E-state index contributed by atoms with van der Waals surface area (Å²) in [5, 5.41) is 4.46. The number of nitrogens with one attached hydrogen (secondary N) is 2. The van der Waals surface area contributed by atoms with Gasteiger partial charge in [-0.1, -0.05) is 12.1 Å². The van der Waals surface area contributed by atoms with Gasteiger partial charge in [0, 0.05) is 18.7 Å². The molecule has 0 atom stereocenters. The third kappa shape index (κ3) is 7.77. The molecule has 0 unspecified atom stereocenters. The van der Waals surface area contributed by atoms with Crippen molar-refractivity contribution in [3.05, 3.63) is 48.0 Å². The molecule has 0 spiro atoms. The number of piperidine rings is 1. The van der Waals surface area contributed by atoms with Crippen LogP contribution in [0.3, 0.4) is 0 Å². The fourth-order valence-corrected chi connectivity index (χ4v) is 4.03. The van der Waals surface area contributed by atoms with Gasteiger partial charge in [-0.25, -0.2) is 4.79 Å². The Bertz CT molecular complexity index is 1020. The van der Waals surface area contributed by atoms with Crippen molar-refractivity contribution in [3.63, 3.8) is 0 Å². The molecule has 1 aliphatic heterocycles. The molecule has 1 saturated heterocycles. The van der Waals surface area contributed by atoms with E-state index in [9.17, 15) is 22.8 Å². The number of halogens is 3. The van der Waals surface area contributed by atoms with E-state index in [2.05, 4.69) is 15.5 Å². The summed E-state index contributed by atoms with van der Waals surface area (Å²) in [4.78, 5) is 26.5. The maximum absolute atomic E-state index is 12.8. The number of methoxy groups -OCH3 is 2. The Balaban J connectivity index is 1.38. The summed E-state index contributed by atoms with van der Waals surface area (Å²) in [6, 6.07) is 8.79. The zero-order valence-corrected chi connectivity index (χ0v) is 20.2. The highest BCUT2D eigenvalue weighted by Gasteiger charge is 2.30. The predicted molar refractivity (Wildman–Crippen MR) is 127 cm³/mol. The molecule has 8 nitrogen and oxygen atoms in total. The van der Waals surface area contributed by atoms with Gasteiger partial charge in [0.2, 0.25) is 11.7 Å². The molecule has 1 aliphatic rings. The minimum Gasteiger partial charge on any atom is -0.493 e. The molecule has 2 aromatic carbocycles. The van der Waals surface area contributed by atoms with Gasteiger partial charge in [0.25, 0.3) is 0 Å². The molecule has 0 aromatic heterocycles. The molecular formula is C25H30F3N3O5. The van der Waals surface area contributed by atoms with Crippen molar-refractivity contribution in [1.29, 1.82) is 0 Å². The first-order chi connectivity index (χ1) is 17.2. The summed E-state index contributed by atoms with van der Waals surface area (Å²) in [6.45, 7) is 2.69. The van der Waals surface area contributed by atoms with Crippen LogP contribution in [0.5, 0.6) is 17.2 Å². The van der Waals surface area contributed by atoms with Crippen LogP contribution in [0.4, 0.5) is 23.7 Å². The second kappa shape index (κ2) is 12.5. The van der Waals surface area contributed by atoms with Crippen LogP contribution in [0.15, 0.2) is 42.5 Å². The fraction of sp³-hybridized carbons (Fsp3) is 0.440. The summed E-state index contributed by atoms with van der Waals surface area (Å²) in [5.41, 5.74) is -0.928. The van der Waals surface area contributed by atoms with E-state index in [4.69, 9.17) is 14.2 Å². The number of hydrogen-bond acceptors (Lipinski definition) is 6. The molecule has 0 radical (unpaired) electrons. The average Bonchev–Trinajstić information content (AvgIpc) is 2.84. The van der Waals surface area contributed by atoms with Crippen LogP contribution in [0.2, 0.25) is 0 Å². The molecule has 36 heavy (non-hydrogen) atoms. The Hall–Kier alpha value is -3.47. The number of carbonyl (C=O) groups is 2. The number of carbonyl (C=O) groups excluding carboxylic acids is 2. The molecule has 0 aliphatic carbocycles. The van der Waals surface area contributed by atoms with Gasteiger partial charge in [0.05, 0.1) is 19.8 Å². The van der Waals surface area contributed by atoms with E-state index in [0.29, 0.717) is 30.4 Å². The monoisotopic (exact) mass is 509 g/mol. The SMILES string of the molecule is COc1cccc(OC)c1OCCN1CCC(CC(=O)NC(=O)Nc2cccc(C(F)(F)F)c2)CC1. The number of alkyl halides is 3. The Morgan fingerprint density at radius 3 is 2.28 bits per heavy atom. The number of amides is 3. The van der Waals surface area contributed by atoms with E-state index in [1.54, 1.807) is 26.4 Å². The number of hydrogen-bond donors (Lipinski definition) is 2. The molecule has 0 saturated carbocycles. The lowest BCUT2D eigenvalue weighted by Gasteiger charge is -2.31. The molecule has 2 aromatic rings. The quantitative estimate of drug-likeness (QED) is 0.516. The minimum absolute atomic E-state index is 0.0450. The molecule has 11 heteroatoms. The summed E-state index contributed by atoms with van der Waals surface area (Å²) in [7, 11) is 3.13. The molecule has 1 heterocycles. The van der Waals surface area contributed by atoms with Gasteiger partial charge in [0.15, 0.2) is 11.5 Å². The second-order valence-electron chi connectivity index (χ2n) is 8.41. The van der Waals surface area contributed by atoms with Gasteiger partial charge in [0.1, 0.15) is 6.61 Å². The van der Waals surface area contributed by atoms with Crippen LogP contribution in [-0.4, -0.2) is 57.3 Å². The number of likely N-dealkylation sites (tertiary alicyclic amines) is 1. The number of nitrogens with zero attached hydrogens (tertiary/aromatic N) is 1. The van der Waals surface area contributed by atoms with E-state index in [0.717, 1.165) is 38.1 Å². The molecule has 196 valence electrons. The molecule has 0 bridgehead atoms. The van der Waals surface area contributed by atoms with Crippen molar-refractivity contribution in [3.8, 4) is 17.2 Å². The Labute approximate surface area is 207 Å². The number of urea groups is 1. The van der Waals surface area contributed by atoms with Crippen molar-refractivity contribution in [2.45, 2.75) is 25.4 Å². The van der Waals surface area contributed by atoms with Gasteiger partial charge < -0.3 is 19.5 Å². The van der Waals surface area contributed by atoms with Crippen molar-refractivity contribution < 1.29 is 37.0 Å². The van der Waals surface area contributed by atoms with Gasteiger partial charge in [-0.15, -0.1) is 0 Å². The van der Waals surface area contributed by atoms with Gasteiger partial charge in [-0.3, -0.25) is 15.0 Å². The summed E-state index contributed by atoms with van der Waals surface area (Å²) in [5.74, 6) is 1.38. The highest BCUT2D eigenvalue weighted by molar-refractivity contribution is 6.01.